The van der Waals surface area contributed by atoms with Crippen LogP contribution in [0.5, 0.6) is 0 Å². The van der Waals surface area contributed by atoms with E-state index >= 15 is 0 Å². The van der Waals surface area contributed by atoms with Crippen LogP contribution in [0.25, 0.3) is 0 Å². The molecule has 0 aromatic carbocycles. The van der Waals surface area contributed by atoms with E-state index < -0.39 is 36.4 Å². The topological polar surface area (TPSA) is 112 Å². The molecule has 0 spiro atoms. The molecule has 16 heteroatoms. The fraction of sp³-hybridized carbons (Fsp3) is 0.500. The standard InChI is InChI=1S/3C2HF3O2.Er/c3*3-2(4,5)1(6)7;/h3*(H,6,7);. The van der Waals surface area contributed by atoms with E-state index in [2.05, 4.69) is 0 Å². The summed E-state index contributed by atoms with van der Waals surface area (Å²) in [6, 6.07) is 0. The molecule has 0 aliphatic heterocycles. The maximum absolute atomic E-state index is 10.6. The Hall–Kier alpha value is -0.973. The maximum atomic E-state index is 10.6. The Balaban J connectivity index is -0.000000108. The van der Waals surface area contributed by atoms with E-state index in [-0.39, 0.29) is 37.3 Å². The summed E-state index contributed by atoms with van der Waals surface area (Å²) < 4.78 is 95.2. The Morgan fingerprint density at radius 2 is 0.545 bits per heavy atom. The molecular weight excluding hydrogens is 506 g/mol. The van der Waals surface area contributed by atoms with Crippen molar-refractivity contribution in [1.82, 2.24) is 0 Å². The van der Waals surface area contributed by atoms with Gasteiger partial charge in [-0.25, -0.2) is 14.4 Å². The van der Waals surface area contributed by atoms with Crippen LogP contribution < -0.4 is 0 Å². The molecule has 0 aliphatic rings. The van der Waals surface area contributed by atoms with Gasteiger partial charge < -0.3 is 15.3 Å². The summed E-state index contributed by atoms with van der Waals surface area (Å²) in [5.74, 6) is -8.27. The molecule has 0 bridgehead atoms. The van der Waals surface area contributed by atoms with Crippen LogP contribution in [0.1, 0.15) is 0 Å². The van der Waals surface area contributed by atoms with Gasteiger partial charge in [0.05, 0.1) is 0 Å². The Kier molecular flexibility index (Phi) is 14.2. The van der Waals surface area contributed by atoms with Crippen molar-refractivity contribution in [2.45, 2.75) is 18.5 Å². The van der Waals surface area contributed by atoms with E-state index in [1.54, 1.807) is 0 Å². The molecule has 0 aromatic rings. The zero-order valence-corrected chi connectivity index (χ0v) is 11.1. The van der Waals surface area contributed by atoms with Crippen molar-refractivity contribution in [3.63, 3.8) is 0 Å². The van der Waals surface area contributed by atoms with Gasteiger partial charge in [0.25, 0.3) is 0 Å². The van der Waals surface area contributed by atoms with E-state index in [1.165, 1.54) is 0 Å². The van der Waals surface area contributed by atoms with Crippen LogP contribution in [0.3, 0.4) is 0 Å². The number of carbonyl (C=O) groups is 3. The summed E-state index contributed by atoms with van der Waals surface area (Å²) >= 11 is 0. The molecule has 0 amide bonds. The number of carboxylic acids is 3. The maximum Gasteiger partial charge on any atom is 0.490 e. The molecular formula is C6H3ErF9O6. The summed E-state index contributed by atoms with van der Waals surface area (Å²) in [5.41, 5.74) is 0. The molecule has 0 rings (SSSR count). The van der Waals surface area contributed by atoms with Crippen molar-refractivity contribution in [2.75, 3.05) is 0 Å². The van der Waals surface area contributed by atoms with E-state index in [9.17, 15) is 39.5 Å². The summed E-state index contributed by atoms with van der Waals surface area (Å²) in [7, 11) is 0. The fourth-order valence-electron chi connectivity index (χ4n) is 0. The average Bonchev–Trinajstić information content (AvgIpc) is 2.14. The summed E-state index contributed by atoms with van der Waals surface area (Å²) in [5, 5.41) is 21.4. The third-order valence-corrected chi connectivity index (χ3v) is 0.728. The molecule has 22 heavy (non-hydrogen) atoms. The van der Waals surface area contributed by atoms with Crippen molar-refractivity contribution in [3.05, 3.63) is 0 Å². The van der Waals surface area contributed by atoms with Gasteiger partial charge in [-0.05, 0) is 0 Å². The molecule has 0 aliphatic carbocycles. The van der Waals surface area contributed by atoms with Gasteiger partial charge in [0.2, 0.25) is 0 Å². The summed E-state index contributed by atoms with van der Waals surface area (Å²) in [6.07, 6.45) is -15.3. The third kappa shape index (κ3) is 21.3. The van der Waals surface area contributed by atoms with Crippen LogP contribution in [0, 0.1) is 37.3 Å². The number of aliphatic carboxylic acids is 3. The quantitative estimate of drug-likeness (QED) is 0.431. The molecule has 3 N–H and O–H groups in total. The van der Waals surface area contributed by atoms with Crippen molar-refractivity contribution in [3.8, 4) is 0 Å². The third-order valence-electron chi connectivity index (χ3n) is 0.728. The number of alkyl halides is 9. The minimum absolute atomic E-state index is 0. The second kappa shape index (κ2) is 10.7. The molecule has 0 atom stereocenters. The second-order valence-electron chi connectivity index (χ2n) is 2.41. The average molecular weight is 509 g/mol. The first-order valence-electron chi connectivity index (χ1n) is 3.73. The van der Waals surface area contributed by atoms with Gasteiger partial charge in [-0.2, -0.15) is 39.5 Å². The Bertz CT molecular complexity index is 313. The molecule has 0 aromatic heterocycles. The van der Waals surface area contributed by atoms with Crippen LogP contribution in [0.15, 0.2) is 0 Å². The largest absolute Gasteiger partial charge is 0.490 e. The molecule has 0 saturated heterocycles. The summed E-state index contributed by atoms with van der Waals surface area (Å²) in [4.78, 5) is 26.7. The number of carboxylic acid groups (broad SMARTS) is 3. The number of rotatable bonds is 0. The van der Waals surface area contributed by atoms with Crippen molar-refractivity contribution in [1.29, 1.82) is 0 Å². The van der Waals surface area contributed by atoms with Crippen LogP contribution in [0.4, 0.5) is 39.5 Å². The van der Waals surface area contributed by atoms with Gasteiger partial charge in [0.1, 0.15) is 0 Å². The van der Waals surface area contributed by atoms with Crippen molar-refractivity contribution < 1.29 is 107 Å². The SMILES string of the molecule is O=C(O)C(F)(F)F.O=C(O)C(F)(F)F.O=C(O)C(F)(F)F.[Er]. The van der Waals surface area contributed by atoms with Crippen LogP contribution in [-0.2, 0) is 14.4 Å². The number of hydrogen-bond donors (Lipinski definition) is 3. The first kappa shape index (κ1) is 29.1. The number of halogens is 9. The fourth-order valence-corrected chi connectivity index (χ4v) is 0. The molecule has 138 valence electrons. The second-order valence-corrected chi connectivity index (χ2v) is 2.41. The van der Waals surface area contributed by atoms with E-state index in [0.717, 1.165) is 0 Å². The van der Waals surface area contributed by atoms with E-state index in [0.29, 0.717) is 0 Å². The Labute approximate surface area is 143 Å². The first-order valence-corrected chi connectivity index (χ1v) is 3.73. The smallest absolute Gasteiger partial charge is 0.475 e. The monoisotopic (exact) mass is 508 g/mol. The van der Waals surface area contributed by atoms with Crippen molar-refractivity contribution in [2.24, 2.45) is 0 Å². The van der Waals surface area contributed by atoms with Gasteiger partial charge in [0.15, 0.2) is 0 Å². The molecule has 0 heterocycles. The van der Waals surface area contributed by atoms with Crippen LogP contribution in [-0.4, -0.2) is 51.8 Å². The van der Waals surface area contributed by atoms with Gasteiger partial charge in [-0.1, -0.05) is 0 Å². The van der Waals surface area contributed by atoms with Gasteiger partial charge in [-0.15, -0.1) is 0 Å². The minimum atomic E-state index is -5.08. The molecule has 6 nitrogen and oxygen atoms in total. The molecule has 0 unspecified atom stereocenters. The zero-order valence-electron chi connectivity index (χ0n) is 9.26. The Morgan fingerprint density at radius 3 is 0.545 bits per heavy atom. The molecule has 0 fully saturated rings. The minimum Gasteiger partial charge on any atom is -0.475 e. The Morgan fingerprint density at radius 1 is 0.500 bits per heavy atom. The van der Waals surface area contributed by atoms with Crippen molar-refractivity contribution >= 4 is 17.9 Å². The van der Waals surface area contributed by atoms with Gasteiger partial charge >= 0.3 is 36.4 Å². The zero-order chi connectivity index (χ0) is 18.2. The molecule has 0 saturated carbocycles. The van der Waals surface area contributed by atoms with Gasteiger partial charge in [0, 0.05) is 37.3 Å². The normalized spacial score (nSPS) is 10.8. The van der Waals surface area contributed by atoms with Crippen LogP contribution in [0.2, 0.25) is 0 Å². The predicted molar refractivity (Wildman–Crippen MR) is 41.1 cm³/mol. The van der Waals surface area contributed by atoms with E-state index in [1.807, 2.05) is 0 Å². The van der Waals surface area contributed by atoms with Crippen LogP contribution >= 0.6 is 0 Å². The summed E-state index contributed by atoms with van der Waals surface area (Å²) in [6.45, 7) is 0. The van der Waals surface area contributed by atoms with Gasteiger partial charge in [-0.3, -0.25) is 0 Å². The number of hydrogen-bond acceptors (Lipinski definition) is 3. The first-order chi connectivity index (χ1) is 8.83. The predicted octanol–water partition coefficient (Wildman–Crippen LogP) is 1.90. The molecule has 0 radical (unpaired) electrons. The van der Waals surface area contributed by atoms with E-state index in [4.69, 9.17) is 29.7 Å².